The van der Waals surface area contributed by atoms with Crippen molar-refractivity contribution in [2.24, 2.45) is 0 Å². The van der Waals surface area contributed by atoms with E-state index in [4.69, 9.17) is 15.0 Å². The van der Waals surface area contributed by atoms with E-state index in [-0.39, 0.29) is 5.56 Å². The molecule has 0 amide bonds. The molecular weight excluding hydrogens is 362 g/mol. The summed E-state index contributed by atoms with van der Waals surface area (Å²) in [5, 5.41) is 0.527. The molecule has 0 saturated carbocycles. The van der Waals surface area contributed by atoms with Gasteiger partial charge in [0, 0.05) is 12.2 Å². The van der Waals surface area contributed by atoms with Crippen molar-refractivity contribution in [2.45, 2.75) is 33.7 Å². The van der Waals surface area contributed by atoms with Crippen LogP contribution < -0.4 is 5.56 Å². The predicted molar refractivity (Wildman–Crippen MR) is 116 cm³/mol. The minimum absolute atomic E-state index is 0.0599. The molecule has 0 aliphatic heterocycles. The highest BCUT2D eigenvalue weighted by molar-refractivity contribution is 6.05. The molecule has 6 nitrogen and oxygen atoms in total. The fraction of sp³-hybridized carbons (Fsp3) is 0.217. The first-order valence-electron chi connectivity index (χ1n) is 9.84. The first-order valence-corrected chi connectivity index (χ1v) is 9.84. The van der Waals surface area contributed by atoms with Gasteiger partial charge in [-0.15, -0.1) is 0 Å². The van der Waals surface area contributed by atoms with E-state index in [2.05, 4.69) is 13.0 Å². The summed E-state index contributed by atoms with van der Waals surface area (Å²) in [6.45, 7) is 6.61. The fourth-order valence-electron chi connectivity index (χ4n) is 3.93. The standard InChI is InChI=1S/C23H21N5O/c1-4-12-27-15(3)24-21-19(23(27)29)20-22(26-18-11-6-5-10-17(18)25-20)28(21)16-9-7-8-14(2)13-16/h5-11,13H,4,12H2,1-3H3. The number of benzene rings is 2. The first-order chi connectivity index (χ1) is 14.1. The Balaban J connectivity index is 2.03. The highest BCUT2D eigenvalue weighted by atomic mass is 16.1. The van der Waals surface area contributed by atoms with Crippen molar-refractivity contribution in [2.75, 3.05) is 0 Å². The SMILES string of the molecule is CCCn1c(C)nc2c(c1=O)c1nc3ccccc3nc1n2-c1cccc(C)c1. The van der Waals surface area contributed by atoms with Crippen LogP contribution in [0.4, 0.5) is 0 Å². The van der Waals surface area contributed by atoms with Crippen molar-refractivity contribution >= 4 is 33.2 Å². The summed E-state index contributed by atoms with van der Waals surface area (Å²) in [6.07, 6.45) is 0.860. The zero-order valence-electron chi connectivity index (χ0n) is 16.7. The Labute approximate surface area is 167 Å². The maximum Gasteiger partial charge on any atom is 0.265 e. The molecule has 0 bridgehead atoms. The molecule has 29 heavy (non-hydrogen) atoms. The lowest BCUT2D eigenvalue weighted by Gasteiger charge is -2.10. The minimum atomic E-state index is -0.0599. The van der Waals surface area contributed by atoms with Crippen LogP contribution in [0.25, 0.3) is 38.9 Å². The summed E-state index contributed by atoms with van der Waals surface area (Å²) in [7, 11) is 0. The van der Waals surface area contributed by atoms with Gasteiger partial charge in [-0.2, -0.15) is 0 Å². The van der Waals surface area contributed by atoms with Gasteiger partial charge in [0.15, 0.2) is 11.3 Å². The van der Waals surface area contributed by atoms with E-state index in [1.54, 1.807) is 4.57 Å². The molecule has 0 fully saturated rings. The van der Waals surface area contributed by atoms with E-state index in [0.717, 1.165) is 28.7 Å². The summed E-state index contributed by atoms with van der Waals surface area (Å²) in [6, 6.07) is 15.9. The van der Waals surface area contributed by atoms with Gasteiger partial charge in [0.1, 0.15) is 16.7 Å². The number of rotatable bonds is 3. The molecule has 2 aromatic carbocycles. The van der Waals surface area contributed by atoms with Gasteiger partial charge in [-0.1, -0.05) is 31.2 Å². The first kappa shape index (κ1) is 17.6. The number of hydrogen-bond donors (Lipinski definition) is 0. The average Bonchev–Trinajstić information content (AvgIpc) is 3.02. The highest BCUT2D eigenvalue weighted by Crippen LogP contribution is 2.28. The quantitative estimate of drug-likeness (QED) is 0.466. The van der Waals surface area contributed by atoms with Gasteiger partial charge < -0.3 is 0 Å². The van der Waals surface area contributed by atoms with Crippen LogP contribution in [0.5, 0.6) is 0 Å². The van der Waals surface area contributed by atoms with Crippen LogP contribution >= 0.6 is 0 Å². The number of aromatic nitrogens is 5. The second kappa shape index (κ2) is 6.51. The normalized spacial score (nSPS) is 11.7. The molecule has 0 atom stereocenters. The van der Waals surface area contributed by atoms with Crippen molar-refractivity contribution in [1.29, 1.82) is 0 Å². The van der Waals surface area contributed by atoms with Crippen molar-refractivity contribution in [3.05, 3.63) is 70.3 Å². The lowest BCUT2D eigenvalue weighted by atomic mass is 10.2. The Morgan fingerprint density at radius 2 is 1.66 bits per heavy atom. The van der Waals surface area contributed by atoms with Crippen LogP contribution in [-0.2, 0) is 6.54 Å². The molecule has 0 spiro atoms. The summed E-state index contributed by atoms with van der Waals surface area (Å²) >= 11 is 0. The summed E-state index contributed by atoms with van der Waals surface area (Å²) < 4.78 is 3.70. The molecule has 5 rings (SSSR count). The maximum absolute atomic E-state index is 13.4. The molecule has 5 aromatic rings. The van der Waals surface area contributed by atoms with E-state index in [9.17, 15) is 4.79 Å². The molecule has 0 radical (unpaired) electrons. The Morgan fingerprint density at radius 3 is 2.38 bits per heavy atom. The third-order valence-electron chi connectivity index (χ3n) is 5.26. The van der Waals surface area contributed by atoms with E-state index in [0.29, 0.717) is 34.6 Å². The van der Waals surface area contributed by atoms with Gasteiger partial charge in [-0.25, -0.2) is 15.0 Å². The molecule has 0 N–H and O–H groups in total. The second-order valence-corrected chi connectivity index (χ2v) is 7.37. The van der Waals surface area contributed by atoms with Crippen molar-refractivity contribution in [3.8, 4) is 5.69 Å². The monoisotopic (exact) mass is 383 g/mol. The zero-order chi connectivity index (χ0) is 20.1. The largest absolute Gasteiger partial charge is 0.296 e. The minimum Gasteiger partial charge on any atom is -0.296 e. The van der Waals surface area contributed by atoms with Crippen LogP contribution in [0.15, 0.2) is 53.3 Å². The van der Waals surface area contributed by atoms with Crippen molar-refractivity contribution in [3.63, 3.8) is 0 Å². The van der Waals surface area contributed by atoms with Gasteiger partial charge >= 0.3 is 0 Å². The van der Waals surface area contributed by atoms with Gasteiger partial charge in [0.2, 0.25) is 0 Å². The summed E-state index contributed by atoms with van der Waals surface area (Å²) in [5.41, 5.74) is 5.42. The predicted octanol–water partition coefficient (Wildman–Crippen LogP) is 4.31. The number of fused-ring (bicyclic) bond motifs is 4. The Kier molecular flexibility index (Phi) is 3.94. The van der Waals surface area contributed by atoms with E-state index in [1.165, 1.54) is 0 Å². The lowest BCUT2D eigenvalue weighted by molar-refractivity contribution is 0.624. The van der Waals surface area contributed by atoms with Crippen LogP contribution in [-0.4, -0.2) is 24.1 Å². The molecule has 0 saturated heterocycles. The second-order valence-electron chi connectivity index (χ2n) is 7.37. The Morgan fingerprint density at radius 1 is 0.897 bits per heavy atom. The van der Waals surface area contributed by atoms with E-state index >= 15 is 0 Å². The number of hydrogen-bond acceptors (Lipinski definition) is 4. The van der Waals surface area contributed by atoms with Gasteiger partial charge in [0.05, 0.1) is 11.0 Å². The molecule has 0 unspecified atom stereocenters. The molecule has 0 aliphatic rings. The lowest BCUT2D eigenvalue weighted by Crippen LogP contribution is -2.24. The molecule has 144 valence electrons. The number of aryl methyl sites for hydroxylation is 2. The van der Waals surface area contributed by atoms with Crippen molar-refractivity contribution < 1.29 is 0 Å². The molecule has 6 heteroatoms. The average molecular weight is 383 g/mol. The smallest absolute Gasteiger partial charge is 0.265 e. The summed E-state index contributed by atoms with van der Waals surface area (Å²) in [4.78, 5) is 28.0. The zero-order valence-corrected chi connectivity index (χ0v) is 16.7. The third kappa shape index (κ3) is 2.63. The van der Waals surface area contributed by atoms with Gasteiger partial charge in [-0.3, -0.25) is 13.9 Å². The fourth-order valence-corrected chi connectivity index (χ4v) is 3.93. The molecule has 3 heterocycles. The van der Waals surface area contributed by atoms with Crippen molar-refractivity contribution in [1.82, 2.24) is 24.1 Å². The van der Waals surface area contributed by atoms with Crippen LogP contribution in [0.1, 0.15) is 24.7 Å². The Bertz CT molecular complexity index is 1460. The maximum atomic E-state index is 13.4. The molecule has 0 aliphatic carbocycles. The van der Waals surface area contributed by atoms with Gasteiger partial charge in [-0.05, 0) is 50.1 Å². The summed E-state index contributed by atoms with van der Waals surface area (Å²) in [5.74, 6) is 0.700. The Hall–Kier alpha value is -3.54. The topological polar surface area (TPSA) is 65.6 Å². The van der Waals surface area contributed by atoms with Crippen LogP contribution in [0.2, 0.25) is 0 Å². The van der Waals surface area contributed by atoms with Crippen LogP contribution in [0, 0.1) is 13.8 Å². The number of nitrogens with zero attached hydrogens (tertiary/aromatic N) is 5. The molecular formula is C23H21N5O. The van der Waals surface area contributed by atoms with E-state index < -0.39 is 0 Å². The van der Waals surface area contributed by atoms with Gasteiger partial charge in [0.25, 0.3) is 5.56 Å². The molecule has 3 aromatic heterocycles. The van der Waals surface area contributed by atoms with E-state index in [1.807, 2.05) is 60.9 Å². The van der Waals surface area contributed by atoms with Crippen LogP contribution in [0.3, 0.4) is 0 Å². The third-order valence-corrected chi connectivity index (χ3v) is 5.26. The highest BCUT2D eigenvalue weighted by Gasteiger charge is 2.21. The number of para-hydroxylation sites is 2.